The van der Waals surface area contributed by atoms with Crippen LogP contribution in [0.3, 0.4) is 0 Å². The van der Waals surface area contributed by atoms with Crippen molar-refractivity contribution in [2.45, 2.75) is 32.5 Å². The van der Waals surface area contributed by atoms with Gasteiger partial charge in [0.25, 0.3) is 0 Å². The van der Waals surface area contributed by atoms with E-state index in [4.69, 9.17) is 10.00 Å². The van der Waals surface area contributed by atoms with Crippen LogP contribution in [0.1, 0.15) is 38.0 Å². The van der Waals surface area contributed by atoms with Crippen LogP contribution < -0.4 is 5.32 Å². The van der Waals surface area contributed by atoms with Gasteiger partial charge in [0.2, 0.25) is 0 Å². The van der Waals surface area contributed by atoms with Crippen molar-refractivity contribution >= 4 is 6.09 Å². The minimum Gasteiger partial charge on any atom is -0.444 e. The van der Waals surface area contributed by atoms with Gasteiger partial charge in [-0.2, -0.15) is 5.26 Å². The van der Waals surface area contributed by atoms with Crippen molar-refractivity contribution in [3.63, 3.8) is 0 Å². The van der Waals surface area contributed by atoms with Gasteiger partial charge in [-0.1, -0.05) is 12.1 Å². The van der Waals surface area contributed by atoms with Crippen LogP contribution in [-0.4, -0.2) is 23.3 Å². The molecule has 0 aliphatic carbocycles. The van der Waals surface area contributed by atoms with Gasteiger partial charge >= 0.3 is 6.09 Å². The zero-order valence-corrected chi connectivity index (χ0v) is 11.3. The zero-order chi connectivity index (χ0) is 14.5. The Morgan fingerprint density at radius 3 is 2.47 bits per heavy atom. The highest BCUT2D eigenvalue weighted by molar-refractivity contribution is 5.67. The van der Waals surface area contributed by atoms with E-state index in [2.05, 4.69) is 5.32 Å². The molecule has 2 N–H and O–H groups in total. The Labute approximate surface area is 112 Å². The summed E-state index contributed by atoms with van der Waals surface area (Å²) in [5, 5.41) is 21.0. The molecule has 0 heterocycles. The number of nitrogens with one attached hydrogen (secondary N) is 1. The largest absolute Gasteiger partial charge is 0.444 e. The number of nitriles is 1. The van der Waals surface area contributed by atoms with Crippen molar-refractivity contribution in [1.29, 1.82) is 5.26 Å². The third kappa shape index (κ3) is 5.40. The highest BCUT2D eigenvalue weighted by Crippen LogP contribution is 2.13. The first kappa shape index (κ1) is 15.0. The highest BCUT2D eigenvalue weighted by Gasteiger charge is 2.17. The van der Waals surface area contributed by atoms with Crippen LogP contribution in [0.2, 0.25) is 0 Å². The van der Waals surface area contributed by atoms with Crippen molar-refractivity contribution in [2.24, 2.45) is 0 Å². The molecule has 0 bridgehead atoms. The second kappa shape index (κ2) is 6.21. The lowest BCUT2D eigenvalue weighted by Gasteiger charge is -2.20. The molecule has 1 aromatic rings. The number of aliphatic hydroxyl groups is 1. The minimum atomic E-state index is -0.833. The van der Waals surface area contributed by atoms with Crippen molar-refractivity contribution in [2.75, 3.05) is 6.54 Å². The van der Waals surface area contributed by atoms with Crippen LogP contribution in [-0.2, 0) is 4.74 Å². The van der Waals surface area contributed by atoms with E-state index >= 15 is 0 Å². The first-order valence-corrected chi connectivity index (χ1v) is 5.97. The van der Waals surface area contributed by atoms with Gasteiger partial charge in [-0.05, 0) is 38.5 Å². The lowest BCUT2D eigenvalue weighted by atomic mass is 10.1. The maximum absolute atomic E-state index is 11.4. The summed E-state index contributed by atoms with van der Waals surface area (Å²) in [4.78, 5) is 11.4. The molecular formula is C14H18N2O3. The number of amides is 1. The molecule has 1 atom stereocenters. The predicted octanol–water partition coefficient (Wildman–Crippen LogP) is 2.12. The van der Waals surface area contributed by atoms with E-state index < -0.39 is 17.8 Å². The molecule has 0 saturated heterocycles. The molecule has 0 saturated carbocycles. The summed E-state index contributed by atoms with van der Waals surface area (Å²) in [6.45, 7) is 5.36. The molecule has 1 aromatic carbocycles. The number of carbonyl (C=O) groups excluding carboxylic acids is 1. The maximum atomic E-state index is 11.4. The van der Waals surface area contributed by atoms with E-state index in [0.29, 0.717) is 11.1 Å². The van der Waals surface area contributed by atoms with Crippen LogP contribution in [0.25, 0.3) is 0 Å². The first-order valence-electron chi connectivity index (χ1n) is 5.97. The average Bonchev–Trinajstić information content (AvgIpc) is 2.34. The lowest BCUT2D eigenvalue weighted by molar-refractivity contribution is 0.0492. The molecule has 19 heavy (non-hydrogen) atoms. The Balaban J connectivity index is 2.49. The average molecular weight is 262 g/mol. The summed E-state index contributed by atoms with van der Waals surface area (Å²) >= 11 is 0. The number of ether oxygens (including phenoxy) is 1. The van der Waals surface area contributed by atoms with Gasteiger partial charge in [-0.3, -0.25) is 0 Å². The zero-order valence-electron chi connectivity index (χ0n) is 11.3. The fraction of sp³-hybridized carbons (Fsp3) is 0.429. The molecule has 0 unspecified atom stereocenters. The normalized spacial score (nSPS) is 12.4. The van der Waals surface area contributed by atoms with Gasteiger partial charge in [0.15, 0.2) is 0 Å². The topological polar surface area (TPSA) is 82.3 Å². The fourth-order valence-electron chi connectivity index (χ4n) is 1.39. The lowest BCUT2D eigenvalue weighted by Crippen LogP contribution is -2.34. The van der Waals surface area contributed by atoms with E-state index in [9.17, 15) is 9.90 Å². The summed E-state index contributed by atoms with van der Waals surface area (Å²) in [5.41, 5.74) is 0.592. The Bertz CT molecular complexity index is 469. The first-order chi connectivity index (χ1) is 8.81. The number of hydrogen-bond acceptors (Lipinski definition) is 4. The number of rotatable bonds is 3. The Hall–Kier alpha value is -2.06. The van der Waals surface area contributed by atoms with Gasteiger partial charge in [0.1, 0.15) is 5.60 Å². The number of carbonyl (C=O) groups is 1. The quantitative estimate of drug-likeness (QED) is 0.874. The number of aliphatic hydroxyl groups excluding tert-OH is 1. The molecule has 0 aromatic heterocycles. The molecule has 1 amide bonds. The van der Waals surface area contributed by atoms with Crippen LogP contribution in [0.15, 0.2) is 24.3 Å². The molecule has 0 radical (unpaired) electrons. The summed E-state index contributed by atoms with van der Waals surface area (Å²) in [7, 11) is 0. The molecule has 0 spiro atoms. The van der Waals surface area contributed by atoms with Gasteiger partial charge < -0.3 is 15.2 Å². The Morgan fingerprint density at radius 2 is 2.00 bits per heavy atom. The van der Waals surface area contributed by atoms with Gasteiger partial charge in [0, 0.05) is 0 Å². The van der Waals surface area contributed by atoms with Crippen molar-refractivity contribution in [3.05, 3.63) is 35.4 Å². The third-order valence-corrected chi connectivity index (χ3v) is 2.26. The number of nitrogens with zero attached hydrogens (tertiary/aromatic N) is 1. The SMILES string of the molecule is CC(C)(C)OC(=O)NC[C@H](O)c1ccc(C#N)cc1. The van der Waals surface area contributed by atoms with E-state index in [-0.39, 0.29) is 6.54 Å². The third-order valence-electron chi connectivity index (χ3n) is 2.26. The molecule has 0 aliphatic rings. The van der Waals surface area contributed by atoms with E-state index in [0.717, 1.165) is 0 Å². The van der Waals surface area contributed by atoms with Crippen LogP contribution >= 0.6 is 0 Å². The number of benzene rings is 1. The fourth-order valence-corrected chi connectivity index (χ4v) is 1.39. The molecule has 102 valence electrons. The molecule has 1 rings (SSSR count). The molecule has 5 heteroatoms. The van der Waals surface area contributed by atoms with Gasteiger partial charge in [0.05, 0.1) is 24.3 Å². The van der Waals surface area contributed by atoms with Crippen LogP contribution in [0.5, 0.6) is 0 Å². The van der Waals surface area contributed by atoms with E-state index in [1.54, 1.807) is 45.0 Å². The molecular weight excluding hydrogens is 244 g/mol. The van der Waals surface area contributed by atoms with Crippen molar-refractivity contribution in [1.82, 2.24) is 5.32 Å². The predicted molar refractivity (Wildman–Crippen MR) is 70.4 cm³/mol. The van der Waals surface area contributed by atoms with Crippen molar-refractivity contribution < 1.29 is 14.6 Å². The maximum Gasteiger partial charge on any atom is 0.407 e. The van der Waals surface area contributed by atoms with E-state index in [1.165, 1.54) is 0 Å². The van der Waals surface area contributed by atoms with Gasteiger partial charge in [-0.15, -0.1) is 0 Å². The summed E-state index contributed by atoms with van der Waals surface area (Å²) in [5.74, 6) is 0. The number of hydrogen-bond donors (Lipinski definition) is 2. The Kier molecular flexibility index (Phi) is 4.90. The molecule has 0 fully saturated rings. The van der Waals surface area contributed by atoms with E-state index in [1.807, 2.05) is 6.07 Å². The van der Waals surface area contributed by atoms with Crippen molar-refractivity contribution in [3.8, 4) is 6.07 Å². The smallest absolute Gasteiger partial charge is 0.407 e. The molecule has 0 aliphatic heterocycles. The van der Waals surface area contributed by atoms with Crippen LogP contribution in [0, 0.1) is 11.3 Å². The summed E-state index contributed by atoms with van der Waals surface area (Å²) in [6.07, 6.45) is -1.40. The second-order valence-corrected chi connectivity index (χ2v) is 5.13. The second-order valence-electron chi connectivity index (χ2n) is 5.13. The molecule has 5 nitrogen and oxygen atoms in total. The summed E-state index contributed by atoms with van der Waals surface area (Å²) < 4.78 is 5.06. The van der Waals surface area contributed by atoms with Gasteiger partial charge in [-0.25, -0.2) is 4.79 Å². The monoisotopic (exact) mass is 262 g/mol. The minimum absolute atomic E-state index is 0.0564. The highest BCUT2D eigenvalue weighted by atomic mass is 16.6. The Morgan fingerprint density at radius 1 is 1.42 bits per heavy atom. The number of alkyl carbamates (subject to hydrolysis) is 1. The summed E-state index contributed by atoms with van der Waals surface area (Å²) in [6, 6.07) is 8.54. The standard InChI is InChI=1S/C14H18N2O3/c1-14(2,3)19-13(18)16-9-12(17)11-6-4-10(8-15)5-7-11/h4-7,12,17H,9H2,1-3H3,(H,16,18)/t12-/m0/s1. The van der Waals surface area contributed by atoms with Crippen LogP contribution in [0.4, 0.5) is 4.79 Å².